The van der Waals surface area contributed by atoms with Crippen LogP contribution < -0.4 is 10.6 Å². The fraction of sp³-hybridized carbons (Fsp3) is 0.467. The quantitative estimate of drug-likeness (QED) is 0.431. The van der Waals surface area contributed by atoms with Crippen molar-refractivity contribution in [2.75, 3.05) is 7.05 Å². The molecule has 0 spiro atoms. The molecule has 0 bridgehead atoms. The lowest BCUT2D eigenvalue weighted by Crippen LogP contribution is -2.42. The van der Waals surface area contributed by atoms with Crippen molar-refractivity contribution in [2.24, 2.45) is 4.99 Å². The lowest BCUT2D eigenvalue weighted by molar-refractivity contribution is 0.376. The van der Waals surface area contributed by atoms with Gasteiger partial charge >= 0.3 is 0 Å². The monoisotopic (exact) mass is 434 g/mol. The number of thiophene rings is 1. The zero-order valence-electron chi connectivity index (χ0n) is 13.3. The molecule has 0 aliphatic heterocycles. The van der Waals surface area contributed by atoms with E-state index in [0.29, 0.717) is 12.6 Å². The summed E-state index contributed by atoms with van der Waals surface area (Å²) in [6.07, 6.45) is 0.987. The van der Waals surface area contributed by atoms with Crippen LogP contribution in [0.15, 0.2) is 27.7 Å². The largest absolute Gasteiger partial charge is 0.359 e. The molecule has 0 aromatic carbocycles. The molecule has 2 N–H and O–H groups in total. The number of nitrogens with zero attached hydrogens (tertiary/aromatic N) is 2. The summed E-state index contributed by atoms with van der Waals surface area (Å²) in [6, 6.07) is 6.57. The maximum absolute atomic E-state index is 5.17. The lowest BCUT2D eigenvalue weighted by atomic mass is 10.2. The Labute approximate surface area is 152 Å². The van der Waals surface area contributed by atoms with Gasteiger partial charge in [-0.05, 0) is 32.9 Å². The summed E-state index contributed by atoms with van der Waals surface area (Å²) < 4.78 is 5.17. The van der Waals surface area contributed by atoms with Crippen LogP contribution in [0.25, 0.3) is 0 Å². The molecule has 0 radical (unpaired) electrons. The van der Waals surface area contributed by atoms with Crippen molar-refractivity contribution in [3.8, 4) is 0 Å². The topological polar surface area (TPSA) is 62.5 Å². The fourth-order valence-electron chi connectivity index (χ4n) is 2.05. The normalized spacial score (nSPS) is 12.6. The molecule has 1 atom stereocenters. The maximum atomic E-state index is 5.17. The van der Waals surface area contributed by atoms with E-state index < -0.39 is 0 Å². The van der Waals surface area contributed by atoms with Crippen molar-refractivity contribution in [3.05, 3.63) is 39.4 Å². The summed E-state index contributed by atoms with van der Waals surface area (Å²) in [4.78, 5) is 6.96. The molecule has 0 fully saturated rings. The van der Waals surface area contributed by atoms with Gasteiger partial charge in [-0.3, -0.25) is 4.99 Å². The third-order valence-electron chi connectivity index (χ3n) is 3.02. The van der Waals surface area contributed by atoms with E-state index in [0.717, 1.165) is 23.8 Å². The number of guanidine groups is 1. The minimum absolute atomic E-state index is 0. The molecule has 7 heteroatoms. The van der Waals surface area contributed by atoms with Gasteiger partial charge < -0.3 is 15.2 Å². The van der Waals surface area contributed by atoms with Crippen LogP contribution in [0.5, 0.6) is 0 Å². The van der Waals surface area contributed by atoms with E-state index in [1.807, 2.05) is 24.3 Å². The SMILES string of the molecule is CN=C(NCc1cc(C)no1)NC(C)Cc1ccc(C)s1.I. The first-order valence-corrected chi connectivity index (χ1v) is 7.83. The Morgan fingerprint density at radius 1 is 1.41 bits per heavy atom. The number of hydrogen-bond donors (Lipinski definition) is 2. The van der Waals surface area contributed by atoms with E-state index in [2.05, 4.69) is 46.8 Å². The van der Waals surface area contributed by atoms with Gasteiger partial charge in [0.25, 0.3) is 0 Å². The molecule has 2 rings (SSSR count). The van der Waals surface area contributed by atoms with E-state index >= 15 is 0 Å². The minimum Gasteiger partial charge on any atom is -0.359 e. The molecule has 0 aliphatic rings. The highest BCUT2D eigenvalue weighted by molar-refractivity contribution is 14.0. The summed E-state index contributed by atoms with van der Waals surface area (Å²) in [5.74, 6) is 1.57. The average molecular weight is 434 g/mol. The van der Waals surface area contributed by atoms with E-state index in [1.165, 1.54) is 9.75 Å². The van der Waals surface area contributed by atoms with Crippen LogP contribution in [-0.4, -0.2) is 24.2 Å². The Kier molecular flexibility index (Phi) is 7.88. The first-order chi connectivity index (χ1) is 10.1. The van der Waals surface area contributed by atoms with Crippen molar-refractivity contribution in [1.82, 2.24) is 15.8 Å². The fourth-order valence-corrected chi connectivity index (χ4v) is 3.07. The summed E-state index contributed by atoms with van der Waals surface area (Å²) >= 11 is 1.84. The molecule has 0 saturated carbocycles. The molecule has 2 heterocycles. The van der Waals surface area contributed by atoms with Crippen LogP contribution in [0.2, 0.25) is 0 Å². The Balaban J connectivity index is 0.00000242. The second-order valence-electron chi connectivity index (χ2n) is 5.12. The molecular formula is C15H23IN4OS. The van der Waals surface area contributed by atoms with Crippen molar-refractivity contribution < 1.29 is 4.52 Å². The van der Waals surface area contributed by atoms with Gasteiger partial charge in [0.2, 0.25) is 0 Å². The molecule has 122 valence electrons. The second kappa shape index (κ2) is 9.14. The van der Waals surface area contributed by atoms with Crippen LogP contribution in [0, 0.1) is 13.8 Å². The standard InChI is InChI=1S/C15H22N4OS.HI/c1-10(8-14-6-5-12(3)21-14)18-15(16-4)17-9-13-7-11(2)19-20-13;/h5-7,10H,8-9H2,1-4H3,(H2,16,17,18);1H. The summed E-state index contributed by atoms with van der Waals surface area (Å²) in [5, 5.41) is 10.5. The molecule has 0 aliphatic carbocycles. The zero-order valence-corrected chi connectivity index (χ0v) is 16.5. The first-order valence-electron chi connectivity index (χ1n) is 7.01. The molecule has 22 heavy (non-hydrogen) atoms. The zero-order chi connectivity index (χ0) is 15.2. The number of aromatic nitrogens is 1. The lowest BCUT2D eigenvalue weighted by Gasteiger charge is -2.16. The Morgan fingerprint density at radius 3 is 2.73 bits per heavy atom. The van der Waals surface area contributed by atoms with E-state index in [9.17, 15) is 0 Å². The van der Waals surface area contributed by atoms with Crippen LogP contribution in [0.1, 0.15) is 28.1 Å². The highest BCUT2D eigenvalue weighted by Gasteiger charge is 2.08. The van der Waals surface area contributed by atoms with E-state index in [1.54, 1.807) is 7.05 Å². The summed E-state index contributed by atoms with van der Waals surface area (Å²) in [7, 11) is 1.77. The number of halogens is 1. The van der Waals surface area contributed by atoms with Crippen molar-refractivity contribution in [1.29, 1.82) is 0 Å². The van der Waals surface area contributed by atoms with Gasteiger partial charge in [0.1, 0.15) is 0 Å². The molecule has 5 nitrogen and oxygen atoms in total. The van der Waals surface area contributed by atoms with Gasteiger partial charge in [-0.15, -0.1) is 35.3 Å². The third kappa shape index (κ3) is 5.96. The van der Waals surface area contributed by atoms with Gasteiger partial charge in [-0.2, -0.15) is 0 Å². The number of nitrogens with one attached hydrogen (secondary N) is 2. The van der Waals surface area contributed by atoms with Crippen LogP contribution in [0.4, 0.5) is 0 Å². The van der Waals surface area contributed by atoms with Crippen molar-refractivity contribution in [3.63, 3.8) is 0 Å². The Bertz CT molecular complexity index is 608. The van der Waals surface area contributed by atoms with Gasteiger partial charge in [-0.1, -0.05) is 5.16 Å². The summed E-state index contributed by atoms with van der Waals surface area (Å²) in [5.41, 5.74) is 0.885. The molecule has 0 saturated heterocycles. The average Bonchev–Trinajstić information content (AvgIpc) is 3.03. The smallest absolute Gasteiger partial charge is 0.191 e. The Morgan fingerprint density at radius 2 is 2.18 bits per heavy atom. The maximum Gasteiger partial charge on any atom is 0.191 e. The second-order valence-corrected chi connectivity index (χ2v) is 6.49. The van der Waals surface area contributed by atoms with Gasteiger partial charge in [-0.25, -0.2) is 0 Å². The highest BCUT2D eigenvalue weighted by atomic mass is 127. The minimum atomic E-state index is 0. The van der Waals surface area contributed by atoms with Crippen LogP contribution >= 0.6 is 35.3 Å². The van der Waals surface area contributed by atoms with Gasteiger partial charge in [0.05, 0.1) is 12.2 Å². The van der Waals surface area contributed by atoms with Crippen molar-refractivity contribution >= 4 is 41.3 Å². The van der Waals surface area contributed by atoms with E-state index in [-0.39, 0.29) is 24.0 Å². The predicted octanol–water partition coefficient (Wildman–Crippen LogP) is 3.27. The molecular weight excluding hydrogens is 411 g/mol. The van der Waals surface area contributed by atoms with Gasteiger partial charge in [0, 0.05) is 35.3 Å². The molecule has 0 amide bonds. The Hall–Kier alpha value is -1.09. The first kappa shape index (κ1) is 19.0. The van der Waals surface area contributed by atoms with E-state index in [4.69, 9.17) is 4.52 Å². The molecule has 2 aromatic heterocycles. The van der Waals surface area contributed by atoms with Crippen LogP contribution in [-0.2, 0) is 13.0 Å². The summed E-state index contributed by atoms with van der Waals surface area (Å²) in [6.45, 7) is 6.77. The molecule has 1 unspecified atom stereocenters. The number of aliphatic imine (C=N–C) groups is 1. The third-order valence-corrected chi connectivity index (χ3v) is 4.04. The van der Waals surface area contributed by atoms with Gasteiger partial charge in [0.15, 0.2) is 11.7 Å². The molecule has 2 aromatic rings. The number of aryl methyl sites for hydroxylation is 2. The number of hydrogen-bond acceptors (Lipinski definition) is 4. The highest BCUT2D eigenvalue weighted by Crippen LogP contribution is 2.16. The number of rotatable bonds is 5. The van der Waals surface area contributed by atoms with Crippen molar-refractivity contribution in [2.45, 2.75) is 39.8 Å². The predicted molar refractivity (Wildman–Crippen MR) is 102 cm³/mol. The van der Waals surface area contributed by atoms with Crippen LogP contribution in [0.3, 0.4) is 0 Å².